The van der Waals surface area contributed by atoms with Crippen molar-refractivity contribution in [1.82, 2.24) is 10.2 Å². The molecule has 0 saturated carbocycles. The van der Waals surface area contributed by atoms with Gasteiger partial charge in [0.2, 0.25) is 0 Å². The van der Waals surface area contributed by atoms with E-state index in [1.807, 2.05) is 13.8 Å². The van der Waals surface area contributed by atoms with E-state index in [1.54, 1.807) is 4.90 Å². The van der Waals surface area contributed by atoms with Gasteiger partial charge in [0.05, 0.1) is 11.6 Å². The van der Waals surface area contributed by atoms with E-state index in [-0.39, 0.29) is 30.0 Å². The predicted molar refractivity (Wildman–Crippen MR) is 68.9 cm³/mol. The Bertz CT molecular complexity index is 374. The zero-order valence-corrected chi connectivity index (χ0v) is 11.5. The first-order valence-corrected chi connectivity index (χ1v) is 6.81. The predicted octanol–water partition coefficient (Wildman–Crippen LogP) is 1.06. The normalized spacial score (nSPS) is 34.5. The summed E-state index contributed by atoms with van der Waals surface area (Å²) in [4.78, 5) is 24.6. The molecule has 2 aliphatic heterocycles. The highest BCUT2D eigenvalue weighted by molar-refractivity contribution is 5.75. The first kappa shape index (κ1) is 14.1. The highest BCUT2D eigenvalue weighted by Gasteiger charge is 2.40. The maximum absolute atomic E-state index is 12.2. The van der Waals surface area contributed by atoms with Crippen LogP contribution in [0, 0.1) is 5.92 Å². The van der Waals surface area contributed by atoms with Crippen LogP contribution in [0.1, 0.15) is 33.1 Å². The average molecular weight is 270 g/mol. The number of rotatable bonds is 3. The number of amides is 2. The molecule has 0 spiro atoms. The molecule has 3 unspecified atom stereocenters. The molecule has 6 heteroatoms. The van der Waals surface area contributed by atoms with Crippen molar-refractivity contribution >= 4 is 12.0 Å². The fourth-order valence-corrected chi connectivity index (χ4v) is 2.75. The maximum Gasteiger partial charge on any atom is 0.317 e. The second-order valence-electron chi connectivity index (χ2n) is 5.81. The van der Waals surface area contributed by atoms with Crippen molar-refractivity contribution in [2.45, 2.75) is 44.8 Å². The van der Waals surface area contributed by atoms with Crippen LogP contribution in [0.15, 0.2) is 0 Å². The van der Waals surface area contributed by atoms with Crippen LogP contribution in [0.2, 0.25) is 0 Å². The monoisotopic (exact) mass is 270 g/mol. The third-order valence-corrected chi connectivity index (χ3v) is 4.32. The number of aliphatic carboxylic acids is 1. The molecule has 0 bridgehead atoms. The molecule has 2 saturated heterocycles. The van der Waals surface area contributed by atoms with Crippen molar-refractivity contribution < 1.29 is 19.4 Å². The SMILES string of the molecule is CC1OCCC1(C)NC(=O)N1CCC(CC(=O)O)C1. The minimum atomic E-state index is -0.794. The lowest BCUT2D eigenvalue weighted by Gasteiger charge is -2.31. The van der Waals surface area contributed by atoms with Gasteiger partial charge in [-0.3, -0.25) is 4.79 Å². The number of hydrogen-bond donors (Lipinski definition) is 2. The van der Waals surface area contributed by atoms with Gasteiger partial charge in [-0.05, 0) is 32.6 Å². The molecule has 2 heterocycles. The molecule has 2 aliphatic rings. The smallest absolute Gasteiger partial charge is 0.317 e. The number of carbonyl (C=O) groups excluding carboxylic acids is 1. The van der Waals surface area contributed by atoms with Gasteiger partial charge in [0, 0.05) is 26.1 Å². The molecule has 19 heavy (non-hydrogen) atoms. The molecular formula is C13H22N2O4. The Kier molecular flexibility index (Phi) is 3.99. The minimum Gasteiger partial charge on any atom is -0.481 e. The molecule has 2 fully saturated rings. The number of likely N-dealkylation sites (tertiary alicyclic amines) is 1. The molecule has 6 nitrogen and oxygen atoms in total. The summed E-state index contributed by atoms with van der Waals surface area (Å²) in [6.45, 7) is 5.79. The van der Waals surface area contributed by atoms with Crippen LogP contribution in [0.4, 0.5) is 4.79 Å². The third-order valence-electron chi connectivity index (χ3n) is 4.32. The summed E-state index contributed by atoms with van der Waals surface area (Å²) in [5.74, 6) is -0.717. The van der Waals surface area contributed by atoms with E-state index in [0.717, 1.165) is 12.8 Å². The van der Waals surface area contributed by atoms with Crippen LogP contribution in [-0.4, -0.2) is 53.3 Å². The molecular weight excluding hydrogens is 248 g/mol. The Morgan fingerprint density at radius 2 is 2.26 bits per heavy atom. The Hall–Kier alpha value is -1.30. The number of urea groups is 1. The number of ether oxygens (including phenoxy) is 1. The van der Waals surface area contributed by atoms with Gasteiger partial charge >= 0.3 is 12.0 Å². The zero-order valence-electron chi connectivity index (χ0n) is 11.5. The van der Waals surface area contributed by atoms with E-state index in [0.29, 0.717) is 19.7 Å². The van der Waals surface area contributed by atoms with E-state index in [9.17, 15) is 9.59 Å². The first-order chi connectivity index (χ1) is 8.90. The van der Waals surface area contributed by atoms with Crippen LogP contribution in [0.25, 0.3) is 0 Å². The molecule has 0 aliphatic carbocycles. The number of nitrogens with one attached hydrogen (secondary N) is 1. The summed E-state index contributed by atoms with van der Waals surface area (Å²) < 4.78 is 5.49. The van der Waals surface area contributed by atoms with Crippen molar-refractivity contribution in [2.24, 2.45) is 5.92 Å². The Morgan fingerprint density at radius 3 is 2.84 bits per heavy atom. The van der Waals surface area contributed by atoms with Crippen LogP contribution in [0.3, 0.4) is 0 Å². The van der Waals surface area contributed by atoms with Crippen molar-refractivity contribution in [3.8, 4) is 0 Å². The van der Waals surface area contributed by atoms with Gasteiger partial charge in [0.1, 0.15) is 0 Å². The summed E-state index contributed by atoms with van der Waals surface area (Å²) in [6.07, 6.45) is 1.73. The summed E-state index contributed by atoms with van der Waals surface area (Å²) >= 11 is 0. The number of carboxylic acid groups (broad SMARTS) is 1. The number of hydrogen-bond acceptors (Lipinski definition) is 3. The summed E-state index contributed by atoms with van der Waals surface area (Å²) in [6, 6.07) is -0.104. The quantitative estimate of drug-likeness (QED) is 0.803. The summed E-state index contributed by atoms with van der Waals surface area (Å²) in [5, 5.41) is 11.8. The second kappa shape index (κ2) is 5.36. The van der Waals surface area contributed by atoms with E-state index < -0.39 is 5.97 Å². The van der Waals surface area contributed by atoms with Gasteiger partial charge in [-0.1, -0.05) is 0 Å². The Labute approximate surface area is 113 Å². The first-order valence-electron chi connectivity index (χ1n) is 6.81. The largest absolute Gasteiger partial charge is 0.481 e. The fourth-order valence-electron chi connectivity index (χ4n) is 2.75. The molecule has 108 valence electrons. The molecule has 3 atom stereocenters. The highest BCUT2D eigenvalue weighted by Crippen LogP contribution is 2.26. The molecule has 0 aromatic heterocycles. The van der Waals surface area contributed by atoms with Gasteiger partial charge in [-0.2, -0.15) is 0 Å². The molecule has 2 amide bonds. The molecule has 0 aromatic carbocycles. The summed E-state index contributed by atoms with van der Waals surface area (Å²) in [7, 11) is 0. The van der Waals surface area contributed by atoms with Crippen LogP contribution in [-0.2, 0) is 9.53 Å². The van der Waals surface area contributed by atoms with E-state index >= 15 is 0 Å². The topological polar surface area (TPSA) is 78.9 Å². The second-order valence-corrected chi connectivity index (χ2v) is 5.81. The fraction of sp³-hybridized carbons (Fsp3) is 0.846. The lowest BCUT2D eigenvalue weighted by atomic mass is 9.95. The van der Waals surface area contributed by atoms with Gasteiger partial charge in [-0.25, -0.2) is 4.79 Å². The van der Waals surface area contributed by atoms with Crippen molar-refractivity contribution in [1.29, 1.82) is 0 Å². The van der Waals surface area contributed by atoms with Crippen molar-refractivity contribution in [3.05, 3.63) is 0 Å². The van der Waals surface area contributed by atoms with Crippen LogP contribution >= 0.6 is 0 Å². The third kappa shape index (κ3) is 3.18. The Balaban J connectivity index is 1.86. The standard InChI is InChI=1S/C13H22N2O4/c1-9-13(2,4-6-19-9)14-12(18)15-5-3-10(8-15)7-11(16)17/h9-10H,3-8H2,1-2H3,(H,14,18)(H,16,17). The van der Waals surface area contributed by atoms with Crippen LogP contribution < -0.4 is 5.32 Å². The molecule has 2 rings (SSSR count). The average Bonchev–Trinajstić information content (AvgIpc) is 2.87. The van der Waals surface area contributed by atoms with Crippen molar-refractivity contribution in [2.75, 3.05) is 19.7 Å². The lowest BCUT2D eigenvalue weighted by molar-refractivity contribution is -0.138. The highest BCUT2D eigenvalue weighted by atomic mass is 16.5. The van der Waals surface area contributed by atoms with E-state index in [2.05, 4.69) is 5.32 Å². The molecule has 0 radical (unpaired) electrons. The summed E-state index contributed by atoms with van der Waals surface area (Å²) in [5.41, 5.74) is -0.317. The van der Waals surface area contributed by atoms with Gasteiger partial charge in [0.15, 0.2) is 0 Å². The van der Waals surface area contributed by atoms with Crippen molar-refractivity contribution in [3.63, 3.8) is 0 Å². The Morgan fingerprint density at radius 1 is 1.53 bits per heavy atom. The maximum atomic E-state index is 12.2. The lowest BCUT2D eigenvalue weighted by Crippen LogP contribution is -2.54. The number of carbonyl (C=O) groups is 2. The number of carboxylic acids is 1. The minimum absolute atomic E-state index is 0.00821. The van der Waals surface area contributed by atoms with Gasteiger partial charge in [0.25, 0.3) is 0 Å². The van der Waals surface area contributed by atoms with Crippen LogP contribution in [0.5, 0.6) is 0 Å². The zero-order chi connectivity index (χ0) is 14.0. The van der Waals surface area contributed by atoms with Gasteiger partial charge in [-0.15, -0.1) is 0 Å². The van der Waals surface area contributed by atoms with E-state index in [4.69, 9.17) is 9.84 Å². The van der Waals surface area contributed by atoms with E-state index in [1.165, 1.54) is 0 Å². The van der Waals surface area contributed by atoms with Gasteiger partial charge < -0.3 is 20.1 Å². The number of nitrogens with zero attached hydrogens (tertiary/aromatic N) is 1. The molecule has 2 N–H and O–H groups in total. The molecule has 0 aromatic rings.